The first-order valence-corrected chi connectivity index (χ1v) is 7.42. The van der Waals surface area contributed by atoms with E-state index in [0.717, 1.165) is 16.5 Å². The molecule has 0 amide bonds. The van der Waals surface area contributed by atoms with Gasteiger partial charge in [-0.1, -0.05) is 12.2 Å². The van der Waals surface area contributed by atoms with Gasteiger partial charge in [0.05, 0.1) is 20.8 Å². The van der Waals surface area contributed by atoms with Gasteiger partial charge in [0.25, 0.3) is 0 Å². The molecule has 2 aromatic carbocycles. The fourth-order valence-corrected chi connectivity index (χ4v) is 2.55. The van der Waals surface area contributed by atoms with Crippen LogP contribution >= 0.6 is 0 Å². The number of benzene rings is 2. The zero-order chi connectivity index (χ0) is 17.1. The Morgan fingerprint density at radius 3 is 2.54 bits per heavy atom. The van der Waals surface area contributed by atoms with Gasteiger partial charge in [-0.15, -0.1) is 0 Å². The molecule has 3 rings (SSSR count). The van der Waals surface area contributed by atoms with E-state index in [1.807, 2.05) is 24.3 Å². The summed E-state index contributed by atoms with van der Waals surface area (Å²) in [5, 5.41) is 19.5. The van der Waals surface area contributed by atoms with Crippen molar-refractivity contribution in [2.45, 2.75) is 0 Å². The second-order valence-electron chi connectivity index (χ2n) is 5.22. The smallest absolute Gasteiger partial charge is 0.176 e. The Labute approximate surface area is 139 Å². The van der Waals surface area contributed by atoms with Crippen LogP contribution < -0.4 is 9.47 Å². The van der Waals surface area contributed by atoms with Crippen molar-refractivity contribution in [3.05, 3.63) is 48.0 Å². The first kappa shape index (κ1) is 16.0. The van der Waals surface area contributed by atoms with Gasteiger partial charge in [0.15, 0.2) is 22.8 Å². The van der Waals surface area contributed by atoms with E-state index >= 15 is 0 Å². The van der Waals surface area contributed by atoms with Gasteiger partial charge in [0.2, 0.25) is 0 Å². The van der Waals surface area contributed by atoms with E-state index in [4.69, 9.17) is 19.0 Å². The Morgan fingerprint density at radius 1 is 1.04 bits per heavy atom. The molecule has 0 saturated heterocycles. The van der Waals surface area contributed by atoms with Crippen molar-refractivity contribution in [3.8, 4) is 28.6 Å². The fraction of sp³-hybridized carbons (Fsp3) is 0.158. The quantitative estimate of drug-likeness (QED) is 0.745. The molecule has 0 aliphatic carbocycles. The minimum absolute atomic E-state index is 0.0235. The summed E-state index contributed by atoms with van der Waals surface area (Å²) in [4.78, 5) is 0. The average molecular weight is 326 g/mol. The van der Waals surface area contributed by atoms with Gasteiger partial charge in [-0.2, -0.15) is 0 Å². The van der Waals surface area contributed by atoms with Crippen molar-refractivity contribution < 1.29 is 24.1 Å². The molecule has 5 heteroatoms. The lowest BCUT2D eigenvalue weighted by atomic mass is 10.1. The molecule has 1 heterocycles. The van der Waals surface area contributed by atoms with Gasteiger partial charge in [0.1, 0.15) is 5.76 Å². The number of hydrogen-bond acceptors (Lipinski definition) is 5. The number of furan rings is 1. The number of rotatable bonds is 5. The molecule has 0 fully saturated rings. The Hall–Kier alpha value is -2.92. The van der Waals surface area contributed by atoms with E-state index in [1.165, 1.54) is 7.11 Å². The predicted octanol–water partition coefficient (Wildman–Crippen LogP) is 3.83. The summed E-state index contributed by atoms with van der Waals surface area (Å²) in [5.41, 5.74) is 2.33. The van der Waals surface area contributed by atoms with Crippen LogP contribution in [0.2, 0.25) is 0 Å². The number of hydrogen-bond donors (Lipinski definition) is 2. The second-order valence-corrected chi connectivity index (χ2v) is 5.22. The van der Waals surface area contributed by atoms with Crippen LogP contribution in [0.15, 0.2) is 46.9 Å². The number of ether oxygens (including phenoxy) is 2. The van der Waals surface area contributed by atoms with Crippen LogP contribution in [0, 0.1) is 0 Å². The Bertz CT molecular complexity index is 892. The Kier molecular flexibility index (Phi) is 4.44. The standard InChI is InChI=1S/C19H18O5/c1-22-17-10-13(5-6-15(17)21)16-11-14-8-12(4-3-7-20)9-18(23-2)19(14)24-16/h3-6,8-11,20-21H,7H2,1-2H3. The van der Waals surface area contributed by atoms with E-state index in [0.29, 0.717) is 22.8 Å². The van der Waals surface area contributed by atoms with Gasteiger partial charge < -0.3 is 24.1 Å². The van der Waals surface area contributed by atoms with Crippen LogP contribution in [0.3, 0.4) is 0 Å². The molecule has 0 aliphatic heterocycles. The summed E-state index contributed by atoms with van der Waals surface area (Å²) < 4.78 is 16.5. The fourth-order valence-electron chi connectivity index (χ4n) is 2.55. The molecule has 2 N–H and O–H groups in total. The van der Waals surface area contributed by atoms with E-state index in [1.54, 1.807) is 31.4 Å². The largest absolute Gasteiger partial charge is 0.504 e. The highest BCUT2D eigenvalue weighted by Gasteiger charge is 2.13. The average Bonchev–Trinajstić information content (AvgIpc) is 3.03. The number of fused-ring (bicyclic) bond motifs is 1. The molecule has 124 valence electrons. The molecule has 0 unspecified atom stereocenters. The summed E-state index contributed by atoms with van der Waals surface area (Å²) in [6.07, 6.45) is 3.48. The van der Waals surface area contributed by atoms with E-state index in [9.17, 15) is 5.11 Å². The van der Waals surface area contributed by atoms with Crippen molar-refractivity contribution in [1.82, 2.24) is 0 Å². The lowest BCUT2D eigenvalue weighted by molar-refractivity contribution is 0.343. The van der Waals surface area contributed by atoms with Crippen LogP contribution in [0.1, 0.15) is 5.56 Å². The third-order valence-corrected chi connectivity index (χ3v) is 3.70. The molecule has 5 nitrogen and oxygen atoms in total. The predicted molar refractivity (Wildman–Crippen MR) is 92.5 cm³/mol. The molecule has 24 heavy (non-hydrogen) atoms. The minimum atomic E-state index is -0.0235. The van der Waals surface area contributed by atoms with E-state index in [-0.39, 0.29) is 12.4 Å². The molecule has 3 aromatic rings. The third-order valence-electron chi connectivity index (χ3n) is 3.70. The highest BCUT2D eigenvalue weighted by molar-refractivity contribution is 5.89. The summed E-state index contributed by atoms with van der Waals surface area (Å²) in [6, 6.07) is 10.7. The van der Waals surface area contributed by atoms with Crippen molar-refractivity contribution in [1.29, 1.82) is 0 Å². The van der Waals surface area contributed by atoms with Gasteiger partial charge in [-0.3, -0.25) is 0 Å². The van der Waals surface area contributed by atoms with Crippen molar-refractivity contribution in [2.75, 3.05) is 20.8 Å². The zero-order valence-electron chi connectivity index (χ0n) is 13.4. The van der Waals surface area contributed by atoms with Crippen LogP contribution in [-0.2, 0) is 0 Å². The molecule has 0 spiro atoms. The van der Waals surface area contributed by atoms with Crippen molar-refractivity contribution in [3.63, 3.8) is 0 Å². The SMILES string of the molecule is COc1cc(-c2cc3cc(C=CCO)cc(OC)c3o2)ccc1O. The van der Waals surface area contributed by atoms with Gasteiger partial charge in [0, 0.05) is 10.9 Å². The first-order valence-electron chi connectivity index (χ1n) is 7.42. The van der Waals surface area contributed by atoms with Gasteiger partial charge in [-0.25, -0.2) is 0 Å². The summed E-state index contributed by atoms with van der Waals surface area (Å²) in [5.74, 6) is 1.71. The lowest BCUT2D eigenvalue weighted by Gasteiger charge is -2.04. The maximum absolute atomic E-state index is 9.72. The summed E-state index contributed by atoms with van der Waals surface area (Å²) >= 11 is 0. The molecular formula is C19H18O5. The van der Waals surface area contributed by atoms with Crippen LogP contribution in [0.4, 0.5) is 0 Å². The molecule has 1 aromatic heterocycles. The first-order chi connectivity index (χ1) is 11.7. The maximum Gasteiger partial charge on any atom is 0.176 e. The Balaban J connectivity index is 2.12. The van der Waals surface area contributed by atoms with Crippen LogP contribution in [0.25, 0.3) is 28.4 Å². The molecule has 0 atom stereocenters. The minimum Gasteiger partial charge on any atom is -0.504 e. The number of aliphatic hydroxyl groups excluding tert-OH is 1. The normalized spacial score (nSPS) is 11.3. The van der Waals surface area contributed by atoms with Crippen LogP contribution in [-0.4, -0.2) is 31.0 Å². The van der Waals surface area contributed by atoms with Crippen molar-refractivity contribution in [2.24, 2.45) is 0 Å². The van der Waals surface area contributed by atoms with Gasteiger partial charge in [-0.05, 0) is 42.0 Å². The van der Waals surface area contributed by atoms with Crippen LogP contribution in [0.5, 0.6) is 17.2 Å². The second kappa shape index (κ2) is 6.68. The number of aromatic hydroxyl groups is 1. The van der Waals surface area contributed by atoms with E-state index < -0.39 is 0 Å². The third kappa shape index (κ3) is 2.94. The summed E-state index contributed by atoms with van der Waals surface area (Å²) in [6.45, 7) is -0.0235. The molecule has 0 saturated carbocycles. The molecule has 0 aliphatic rings. The monoisotopic (exact) mass is 326 g/mol. The van der Waals surface area contributed by atoms with Crippen molar-refractivity contribution >= 4 is 17.0 Å². The molecular weight excluding hydrogens is 308 g/mol. The van der Waals surface area contributed by atoms with E-state index in [2.05, 4.69) is 0 Å². The maximum atomic E-state index is 9.72. The number of phenols is 1. The zero-order valence-corrected chi connectivity index (χ0v) is 13.4. The lowest BCUT2D eigenvalue weighted by Crippen LogP contribution is -1.85. The van der Waals surface area contributed by atoms with Gasteiger partial charge >= 0.3 is 0 Å². The molecule has 0 radical (unpaired) electrons. The summed E-state index contributed by atoms with van der Waals surface area (Å²) in [7, 11) is 3.08. The number of phenolic OH excluding ortho intramolecular Hbond substituents is 1. The highest BCUT2D eigenvalue weighted by atomic mass is 16.5. The Morgan fingerprint density at radius 2 is 1.83 bits per heavy atom. The topological polar surface area (TPSA) is 72.1 Å². The highest BCUT2D eigenvalue weighted by Crippen LogP contribution is 2.37. The molecule has 0 bridgehead atoms. The number of aliphatic hydroxyl groups is 1. The number of methoxy groups -OCH3 is 2.